The number of methoxy groups -OCH3 is 1. The van der Waals surface area contributed by atoms with Crippen molar-refractivity contribution >= 4 is 11.8 Å². The van der Waals surface area contributed by atoms with Gasteiger partial charge in [-0.3, -0.25) is 0 Å². The second kappa shape index (κ2) is 12.0. The van der Waals surface area contributed by atoms with Crippen molar-refractivity contribution in [2.24, 2.45) is 46.3 Å². The molecule has 228 valence electrons. The van der Waals surface area contributed by atoms with Gasteiger partial charge < -0.3 is 19.3 Å². The third kappa shape index (κ3) is 5.26. The fourth-order valence-electron chi connectivity index (χ4n) is 11.2. The molecule has 6 rings (SSSR count). The molecule has 0 bridgehead atoms. The number of nitrogens with zero attached hydrogens (tertiary/aromatic N) is 2. The number of fused-ring (bicyclic) bond motifs is 5. The zero-order valence-corrected chi connectivity index (χ0v) is 26.4. The van der Waals surface area contributed by atoms with E-state index in [4.69, 9.17) is 9.47 Å². The first kappa shape index (κ1) is 29.2. The van der Waals surface area contributed by atoms with Crippen LogP contribution in [0.4, 0.5) is 10.5 Å². The summed E-state index contributed by atoms with van der Waals surface area (Å²) in [6, 6.07) is 8.13. The van der Waals surface area contributed by atoms with Crippen LogP contribution in [0.1, 0.15) is 97.8 Å². The van der Waals surface area contributed by atoms with E-state index in [1.807, 2.05) is 23.1 Å². The van der Waals surface area contributed by atoms with Gasteiger partial charge in [-0.05, 0) is 116 Å². The minimum atomic E-state index is -0.135. The highest BCUT2D eigenvalue weighted by Gasteiger charge is 2.60. The highest BCUT2D eigenvalue weighted by Crippen LogP contribution is 2.69. The van der Waals surface area contributed by atoms with Crippen LogP contribution in [0.5, 0.6) is 5.75 Å². The Balaban J connectivity index is 0.983. The van der Waals surface area contributed by atoms with Gasteiger partial charge in [-0.2, -0.15) is 0 Å². The molecular weight excluding hydrogens is 508 g/mol. The molecule has 5 aliphatic rings. The van der Waals surface area contributed by atoms with Crippen molar-refractivity contribution in [3.8, 4) is 5.75 Å². The van der Waals surface area contributed by atoms with Gasteiger partial charge in [0.25, 0.3) is 0 Å². The summed E-state index contributed by atoms with van der Waals surface area (Å²) >= 11 is 0. The second-order valence-corrected chi connectivity index (χ2v) is 14.9. The second-order valence-electron chi connectivity index (χ2n) is 14.9. The Hall–Kier alpha value is -1.91. The Bertz CT molecular complexity index is 1050. The quantitative estimate of drug-likeness (QED) is 0.312. The molecule has 0 aromatic heterocycles. The van der Waals surface area contributed by atoms with Crippen molar-refractivity contribution in [1.82, 2.24) is 4.90 Å². The van der Waals surface area contributed by atoms with Gasteiger partial charge in [-0.15, -0.1) is 0 Å². The molecule has 1 heterocycles. The van der Waals surface area contributed by atoms with Crippen LogP contribution in [0.3, 0.4) is 0 Å². The highest BCUT2D eigenvalue weighted by atomic mass is 16.6. The molecule has 4 aliphatic carbocycles. The number of hydrogen-bond donors (Lipinski definition) is 0. The van der Waals surface area contributed by atoms with E-state index in [0.717, 1.165) is 66.5 Å². The Morgan fingerprint density at radius 3 is 2.49 bits per heavy atom. The number of carbonyl (C=O) groups is 1. The van der Waals surface area contributed by atoms with Crippen LogP contribution < -0.4 is 9.64 Å². The lowest BCUT2D eigenvalue weighted by Gasteiger charge is -2.62. The number of rotatable bonds is 7. The molecule has 5 fully saturated rings. The molecule has 8 atom stereocenters. The number of ether oxygens (including phenoxy) is 2. The van der Waals surface area contributed by atoms with Crippen LogP contribution in [0, 0.1) is 46.3 Å². The third-order valence-corrected chi connectivity index (χ3v) is 13.4. The van der Waals surface area contributed by atoms with Crippen LogP contribution >= 0.6 is 0 Å². The summed E-state index contributed by atoms with van der Waals surface area (Å²) in [4.78, 5) is 17.1. The molecule has 5 heteroatoms. The standard InChI is InChI=1S/C36H56N2O3/c1-5-26-25-28-30-16-15-27(35(30,2)19-17-31(28)36(3)18-9-8-12-29(26)36)11-10-24-41-34(39)38-22-20-37(21-23-38)32-13-6-7-14-33(32)40-4/h6-7,13-14,26-31H,5,8-12,15-25H2,1-4H3/t26-,27?,28?,29?,30?,31-,35?,36?/m0/s1. The largest absolute Gasteiger partial charge is 0.495 e. The number of piperazine rings is 1. The molecule has 1 aliphatic heterocycles. The molecule has 0 radical (unpaired) electrons. The first-order chi connectivity index (χ1) is 19.9. The summed E-state index contributed by atoms with van der Waals surface area (Å²) < 4.78 is 11.4. The zero-order chi connectivity index (χ0) is 28.6. The highest BCUT2D eigenvalue weighted by molar-refractivity contribution is 5.68. The predicted octanol–water partition coefficient (Wildman–Crippen LogP) is 8.42. The Morgan fingerprint density at radius 2 is 1.71 bits per heavy atom. The predicted molar refractivity (Wildman–Crippen MR) is 166 cm³/mol. The van der Waals surface area contributed by atoms with Crippen molar-refractivity contribution in [3.05, 3.63) is 24.3 Å². The molecular formula is C36H56N2O3. The third-order valence-electron chi connectivity index (χ3n) is 13.4. The summed E-state index contributed by atoms with van der Waals surface area (Å²) in [5.74, 6) is 6.48. The minimum Gasteiger partial charge on any atom is -0.495 e. The van der Waals surface area contributed by atoms with Crippen molar-refractivity contribution in [2.75, 3.05) is 44.8 Å². The molecule has 1 saturated heterocycles. The number of hydrogen-bond acceptors (Lipinski definition) is 4. The molecule has 4 saturated carbocycles. The van der Waals surface area contributed by atoms with Crippen molar-refractivity contribution in [3.63, 3.8) is 0 Å². The minimum absolute atomic E-state index is 0.135. The molecule has 5 nitrogen and oxygen atoms in total. The van der Waals surface area contributed by atoms with Gasteiger partial charge in [-0.1, -0.05) is 52.2 Å². The molecule has 6 unspecified atom stereocenters. The van der Waals surface area contributed by atoms with E-state index in [0.29, 0.717) is 30.5 Å². The van der Waals surface area contributed by atoms with Gasteiger partial charge in [0.15, 0.2) is 0 Å². The van der Waals surface area contributed by atoms with Gasteiger partial charge in [0.2, 0.25) is 0 Å². The molecule has 41 heavy (non-hydrogen) atoms. The van der Waals surface area contributed by atoms with Crippen molar-refractivity contribution in [1.29, 1.82) is 0 Å². The molecule has 1 aromatic carbocycles. The maximum Gasteiger partial charge on any atom is 0.409 e. The first-order valence-electron chi connectivity index (χ1n) is 17.2. The normalized spacial score (nSPS) is 38.5. The van der Waals surface area contributed by atoms with Crippen molar-refractivity contribution < 1.29 is 14.3 Å². The Morgan fingerprint density at radius 1 is 0.927 bits per heavy atom. The van der Waals surface area contributed by atoms with Crippen LogP contribution in [0.2, 0.25) is 0 Å². The summed E-state index contributed by atoms with van der Waals surface area (Å²) in [5.41, 5.74) is 2.20. The lowest BCUT2D eigenvalue weighted by Crippen LogP contribution is -2.55. The van der Waals surface area contributed by atoms with E-state index in [1.165, 1.54) is 70.6 Å². The van der Waals surface area contributed by atoms with Crippen LogP contribution in [0.15, 0.2) is 24.3 Å². The SMILES string of the molecule is CC[C@H]1CC2C3CCC(CCCOC(=O)N4CCN(c5ccccc5OC)CC4)C3(C)CC[C@@H]2C2(C)CCCCC12. The maximum atomic E-state index is 12.9. The molecule has 1 amide bonds. The van der Waals surface area contributed by atoms with E-state index in [1.54, 1.807) is 7.11 Å². The van der Waals surface area contributed by atoms with Gasteiger partial charge in [-0.25, -0.2) is 4.79 Å². The molecule has 1 aromatic rings. The van der Waals surface area contributed by atoms with Gasteiger partial charge in [0, 0.05) is 26.2 Å². The number of carbonyl (C=O) groups excluding carboxylic acids is 1. The lowest BCUT2D eigenvalue weighted by molar-refractivity contribution is -0.135. The van der Waals surface area contributed by atoms with Crippen LogP contribution in [0.25, 0.3) is 0 Å². The van der Waals surface area contributed by atoms with Gasteiger partial charge >= 0.3 is 6.09 Å². The summed E-state index contributed by atoms with van der Waals surface area (Å²) in [6.45, 7) is 11.4. The zero-order valence-electron chi connectivity index (χ0n) is 26.4. The average Bonchev–Trinajstić information content (AvgIpc) is 3.34. The summed E-state index contributed by atoms with van der Waals surface area (Å²) in [7, 11) is 1.72. The fourth-order valence-corrected chi connectivity index (χ4v) is 11.2. The average molecular weight is 565 g/mol. The summed E-state index contributed by atoms with van der Waals surface area (Å²) in [5, 5.41) is 0. The Labute approximate surface area is 249 Å². The van der Waals surface area contributed by atoms with E-state index < -0.39 is 0 Å². The smallest absolute Gasteiger partial charge is 0.409 e. The number of benzene rings is 1. The van der Waals surface area contributed by atoms with E-state index in [2.05, 4.69) is 31.7 Å². The van der Waals surface area contributed by atoms with Crippen LogP contribution in [-0.2, 0) is 4.74 Å². The lowest BCUT2D eigenvalue weighted by atomic mass is 9.42. The van der Waals surface area contributed by atoms with Crippen molar-refractivity contribution in [2.45, 2.75) is 97.8 Å². The maximum absolute atomic E-state index is 12.9. The Kier molecular flexibility index (Phi) is 8.54. The van der Waals surface area contributed by atoms with E-state index >= 15 is 0 Å². The topological polar surface area (TPSA) is 42.0 Å². The first-order valence-corrected chi connectivity index (χ1v) is 17.2. The number of anilines is 1. The summed E-state index contributed by atoms with van der Waals surface area (Å²) in [6.07, 6.45) is 16.6. The van der Waals surface area contributed by atoms with E-state index in [-0.39, 0.29) is 6.09 Å². The van der Waals surface area contributed by atoms with Gasteiger partial charge in [0.05, 0.1) is 19.4 Å². The molecule has 0 N–H and O–H groups in total. The molecule has 0 spiro atoms. The monoisotopic (exact) mass is 564 g/mol. The van der Waals surface area contributed by atoms with Crippen LogP contribution in [-0.4, -0.2) is 50.9 Å². The number of para-hydroxylation sites is 2. The fraction of sp³-hybridized carbons (Fsp3) is 0.806. The number of amides is 1. The van der Waals surface area contributed by atoms with E-state index in [9.17, 15) is 4.79 Å². The van der Waals surface area contributed by atoms with Gasteiger partial charge in [0.1, 0.15) is 5.75 Å².